The summed E-state index contributed by atoms with van der Waals surface area (Å²) in [5.41, 5.74) is 4.00. The molecule has 0 unspecified atom stereocenters. The Morgan fingerprint density at radius 1 is 1.06 bits per heavy atom. The topological polar surface area (TPSA) is 91.6 Å². The first-order valence-corrected chi connectivity index (χ1v) is 11.1. The smallest absolute Gasteiger partial charge is 0.336 e. The molecule has 1 saturated heterocycles. The van der Waals surface area contributed by atoms with Gasteiger partial charge in [0.05, 0.1) is 16.3 Å². The summed E-state index contributed by atoms with van der Waals surface area (Å²) in [5.74, 6) is -2.20. The van der Waals surface area contributed by atoms with Crippen LogP contribution >= 0.6 is 23.8 Å². The molecule has 172 valence electrons. The molecule has 0 bridgehead atoms. The molecule has 1 aliphatic rings. The minimum Gasteiger partial charge on any atom is -0.478 e. The third-order valence-corrected chi connectivity index (χ3v) is 6.35. The maximum absolute atomic E-state index is 13.3. The highest BCUT2D eigenvalue weighted by atomic mass is 35.5. The fourth-order valence-corrected chi connectivity index (χ4v) is 4.56. The lowest BCUT2D eigenvalue weighted by Crippen LogP contribution is -2.54. The van der Waals surface area contributed by atoms with Gasteiger partial charge in [0, 0.05) is 17.1 Å². The van der Waals surface area contributed by atoms with E-state index >= 15 is 0 Å². The van der Waals surface area contributed by atoms with Crippen LogP contribution in [0.25, 0.3) is 11.8 Å². The molecule has 34 heavy (non-hydrogen) atoms. The number of carbonyl (C=O) groups is 3. The monoisotopic (exact) mass is 493 g/mol. The Bertz CT molecular complexity index is 1420. The molecule has 3 aromatic rings. The van der Waals surface area contributed by atoms with Crippen LogP contribution in [0.1, 0.15) is 32.9 Å². The van der Waals surface area contributed by atoms with Crippen molar-refractivity contribution in [1.29, 1.82) is 0 Å². The van der Waals surface area contributed by atoms with Crippen molar-refractivity contribution in [2.24, 2.45) is 0 Å². The normalized spacial score (nSPS) is 15.1. The van der Waals surface area contributed by atoms with Crippen LogP contribution in [0.4, 0.5) is 5.69 Å². The number of para-hydroxylation sites is 1. The predicted octanol–water partition coefficient (Wildman–Crippen LogP) is 4.59. The molecular formula is C25H20ClN3O4S. The van der Waals surface area contributed by atoms with Crippen LogP contribution in [0.2, 0.25) is 5.02 Å². The van der Waals surface area contributed by atoms with Crippen molar-refractivity contribution < 1.29 is 19.5 Å². The Morgan fingerprint density at radius 2 is 1.74 bits per heavy atom. The number of aryl methyl sites for hydroxylation is 1. The second-order valence-electron chi connectivity index (χ2n) is 7.83. The molecule has 0 spiro atoms. The molecule has 0 radical (unpaired) electrons. The Hall–Kier alpha value is -3.75. The van der Waals surface area contributed by atoms with Crippen molar-refractivity contribution >= 4 is 58.5 Å². The maximum atomic E-state index is 13.3. The Labute approximate surface area is 206 Å². The number of thiocarbonyl (C=S) groups is 1. The summed E-state index contributed by atoms with van der Waals surface area (Å²) in [6.07, 6.45) is 1.51. The predicted molar refractivity (Wildman–Crippen MR) is 135 cm³/mol. The van der Waals surface area contributed by atoms with Gasteiger partial charge in [-0.15, -0.1) is 0 Å². The molecule has 0 saturated carbocycles. The van der Waals surface area contributed by atoms with Gasteiger partial charge in [-0.05, 0) is 80.5 Å². The molecule has 2 aromatic carbocycles. The fraction of sp³-hybridized carbons (Fsp3) is 0.120. The van der Waals surface area contributed by atoms with Gasteiger partial charge in [-0.3, -0.25) is 19.8 Å². The van der Waals surface area contributed by atoms with E-state index in [0.29, 0.717) is 27.5 Å². The molecule has 0 atom stereocenters. The molecular weight excluding hydrogens is 474 g/mol. The minimum absolute atomic E-state index is 0.0492. The molecule has 7 nitrogen and oxygen atoms in total. The van der Waals surface area contributed by atoms with Crippen LogP contribution in [0, 0.1) is 20.8 Å². The molecule has 1 fully saturated rings. The molecule has 4 rings (SSSR count). The number of amides is 2. The highest BCUT2D eigenvalue weighted by Crippen LogP contribution is 2.30. The van der Waals surface area contributed by atoms with Gasteiger partial charge in [-0.2, -0.15) is 0 Å². The lowest BCUT2D eigenvalue weighted by molar-refractivity contribution is -0.122. The highest BCUT2D eigenvalue weighted by Gasteiger charge is 2.35. The number of aromatic nitrogens is 1. The number of carboxylic acids is 1. The molecule has 1 aromatic heterocycles. The van der Waals surface area contributed by atoms with Crippen molar-refractivity contribution in [3.05, 3.63) is 87.2 Å². The van der Waals surface area contributed by atoms with E-state index in [1.54, 1.807) is 43.3 Å². The largest absolute Gasteiger partial charge is 0.478 e. The molecule has 9 heteroatoms. The summed E-state index contributed by atoms with van der Waals surface area (Å²) in [7, 11) is 0. The average molecular weight is 494 g/mol. The van der Waals surface area contributed by atoms with Gasteiger partial charge in [0.15, 0.2) is 5.11 Å². The van der Waals surface area contributed by atoms with Gasteiger partial charge >= 0.3 is 5.97 Å². The molecule has 2 amide bonds. The number of halogens is 1. The lowest BCUT2D eigenvalue weighted by Gasteiger charge is -2.29. The summed E-state index contributed by atoms with van der Waals surface area (Å²) in [6, 6.07) is 13.6. The fourth-order valence-electron chi connectivity index (χ4n) is 4.07. The van der Waals surface area contributed by atoms with Crippen molar-refractivity contribution in [3.63, 3.8) is 0 Å². The van der Waals surface area contributed by atoms with E-state index < -0.39 is 17.8 Å². The Morgan fingerprint density at radius 3 is 2.41 bits per heavy atom. The summed E-state index contributed by atoms with van der Waals surface area (Å²) in [5, 5.41) is 12.3. The minimum atomic E-state index is -1.01. The van der Waals surface area contributed by atoms with Gasteiger partial charge in [0.25, 0.3) is 11.8 Å². The molecule has 2 heterocycles. The first kappa shape index (κ1) is 23.4. The van der Waals surface area contributed by atoms with Crippen LogP contribution < -0.4 is 10.2 Å². The van der Waals surface area contributed by atoms with E-state index in [0.717, 1.165) is 11.4 Å². The quantitative estimate of drug-likeness (QED) is 0.315. The number of carbonyl (C=O) groups excluding carboxylic acids is 2. The van der Waals surface area contributed by atoms with Crippen LogP contribution in [0.15, 0.2) is 54.1 Å². The first-order chi connectivity index (χ1) is 16.1. The van der Waals surface area contributed by atoms with Crippen LogP contribution in [-0.4, -0.2) is 32.6 Å². The Kier molecular flexibility index (Phi) is 6.12. The first-order valence-electron chi connectivity index (χ1n) is 10.3. The van der Waals surface area contributed by atoms with E-state index in [4.69, 9.17) is 23.8 Å². The van der Waals surface area contributed by atoms with Crippen molar-refractivity contribution in [2.45, 2.75) is 20.8 Å². The second kappa shape index (κ2) is 8.89. The van der Waals surface area contributed by atoms with E-state index in [9.17, 15) is 19.5 Å². The summed E-state index contributed by atoms with van der Waals surface area (Å²) in [4.78, 5) is 38.8. The van der Waals surface area contributed by atoms with Gasteiger partial charge in [-0.25, -0.2) is 4.79 Å². The SMILES string of the molecule is Cc1c(C(=O)O)cccc1-n1c(C)cc(/C=C2\C(=O)NC(=S)N(c3ccccc3Cl)C2=O)c1C. The van der Waals surface area contributed by atoms with Crippen LogP contribution in [-0.2, 0) is 9.59 Å². The van der Waals surface area contributed by atoms with E-state index in [1.165, 1.54) is 11.0 Å². The van der Waals surface area contributed by atoms with E-state index in [2.05, 4.69) is 5.32 Å². The van der Waals surface area contributed by atoms with Crippen LogP contribution in [0.5, 0.6) is 0 Å². The number of hydrogen-bond donors (Lipinski definition) is 2. The summed E-state index contributed by atoms with van der Waals surface area (Å²) < 4.78 is 1.90. The summed E-state index contributed by atoms with van der Waals surface area (Å²) >= 11 is 11.5. The zero-order valence-corrected chi connectivity index (χ0v) is 20.1. The summed E-state index contributed by atoms with van der Waals surface area (Å²) in [6.45, 7) is 5.46. The second-order valence-corrected chi connectivity index (χ2v) is 8.62. The third kappa shape index (κ3) is 3.91. The maximum Gasteiger partial charge on any atom is 0.336 e. The number of anilines is 1. The van der Waals surface area contributed by atoms with Gasteiger partial charge in [0.2, 0.25) is 0 Å². The standard InChI is InChI=1S/C25H20ClN3O4S/c1-13-11-16(15(3)28(13)20-10-6-7-17(14(20)2)24(32)33)12-18-22(30)27-25(34)29(23(18)31)21-9-5-4-8-19(21)26/h4-12H,1-3H3,(H,32,33)(H,27,30,34)/b18-12+. The highest BCUT2D eigenvalue weighted by molar-refractivity contribution is 7.80. The number of nitrogens with one attached hydrogen (secondary N) is 1. The number of nitrogens with zero attached hydrogens (tertiary/aromatic N) is 2. The van der Waals surface area contributed by atoms with Gasteiger partial charge in [0.1, 0.15) is 5.57 Å². The average Bonchev–Trinajstić information content (AvgIpc) is 3.05. The van der Waals surface area contributed by atoms with E-state index in [1.807, 2.05) is 30.5 Å². The zero-order valence-electron chi connectivity index (χ0n) is 18.5. The number of aromatic carboxylic acids is 1. The number of benzene rings is 2. The van der Waals surface area contributed by atoms with Gasteiger partial charge < -0.3 is 9.67 Å². The van der Waals surface area contributed by atoms with E-state index in [-0.39, 0.29) is 16.2 Å². The van der Waals surface area contributed by atoms with Crippen molar-refractivity contribution in [1.82, 2.24) is 9.88 Å². The van der Waals surface area contributed by atoms with Crippen molar-refractivity contribution in [3.8, 4) is 5.69 Å². The number of hydrogen-bond acceptors (Lipinski definition) is 4. The Balaban J connectivity index is 1.81. The van der Waals surface area contributed by atoms with Crippen LogP contribution in [0.3, 0.4) is 0 Å². The number of rotatable bonds is 4. The molecule has 2 N–H and O–H groups in total. The lowest BCUT2D eigenvalue weighted by atomic mass is 10.1. The number of carboxylic acid groups (broad SMARTS) is 1. The molecule has 0 aliphatic carbocycles. The third-order valence-electron chi connectivity index (χ3n) is 5.74. The van der Waals surface area contributed by atoms with Crippen molar-refractivity contribution in [2.75, 3.05) is 4.90 Å². The van der Waals surface area contributed by atoms with Gasteiger partial charge in [-0.1, -0.05) is 29.8 Å². The molecule has 1 aliphatic heterocycles. The zero-order chi connectivity index (χ0) is 24.7.